The Labute approximate surface area is 106 Å². The molecule has 0 heterocycles. The maximum Gasteiger partial charge on any atom is 0.142 e. The minimum absolute atomic E-state index is 0.625. The molecular weight excluding hydrogens is 228 g/mol. The van der Waals surface area contributed by atoms with Crippen molar-refractivity contribution < 1.29 is 9.47 Å². The summed E-state index contributed by atoms with van der Waals surface area (Å²) in [5, 5.41) is 3.24. The van der Waals surface area contributed by atoms with Crippen LogP contribution in [0.1, 0.15) is 0 Å². The normalized spacial score (nSPS) is 9.89. The Hall–Kier alpha value is -2.36. The summed E-state index contributed by atoms with van der Waals surface area (Å²) in [7, 11) is 3.25. The number of nitrogen functional groups attached to an aromatic ring is 1. The van der Waals surface area contributed by atoms with Gasteiger partial charge >= 0.3 is 0 Å². The quantitative estimate of drug-likeness (QED) is 0.812. The topological polar surface area (TPSA) is 56.5 Å². The first-order valence-corrected chi connectivity index (χ1v) is 5.58. The molecule has 0 amide bonds. The Kier molecular flexibility index (Phi) is 3.57. The highest BCUT2D eigenvalue weighted by atomic mass is 16.5. The average Bonchev–Trinajstić information content (AvgIpc) is 2.41. The van der Waals surface area contributed by atoms with E-state index in [1.165, 1.54) is 0 Å². The second-order valence-corrected chi connectivity index (χ2v) is 3.78. The van der Waals surface area contributed by atoms with E-state index < -0.39 is 0 Å². The zero-order chi connectivity index (χ0) is 13.0. The van der Waals surface area contributed by atoms with Crippen molar-refractivity contribution in [3.63, 3.8) is 0 Å². The molecule has 0 aliphatic heterocycles. The summed E-state index contributed by atoms with van der Waals surface area (Å²) in [6, 6.07) is 13.2. The monoisotopic (exact) mass is 244 g/mol. The van der Waals surface area contributed by atoms with Crippen LogP contribution in [0.3, 0.4) is 0 Å². The largest absolute Gasteiger partial charge is 0.497 e. The summed E-state index contributed by atoms with van der Waals surface area (Å²) in [6.07, 6.45) is 0. The molecule has 4 nitrogen and oxygen atoms in total. The Balaban J connectivity index is 2.28. The number of ether oxygens (including phenoxy) is 2. The fraction of sp³-hybridized carbons (Fsp3) is 0.143. The van der Waals surface area contributed by atoms with Gasteiger partial charge in [0, 0.05) is 6.07 Å². The van der Waals surface area contributed by atoms with E-state index in [0.717, 1.165) is 22.9 Å². The maximum absolute atomic E-state index is 5.95. The van der Waals surface area contributed by atoms with Crippen molar-refractivity contribution in [1.82, 2.24) is 0 Å². The number of para-hydroxylation sites is 2. The van der Waals surface area contributed by atoms with Crippen LogP contribution in [0.25, 0.3) is 0 Å². The Morgan fingerprint density at radius 2 is 1.72 bits per heavy atom. The van der Waals surface area contributed by atoms with Gasteiger partial charge in [0.2, 0.25) is 0 Å². The second-order valence-electron chi connectivity index (χ2n) is 3.78. The molecule has 18 heavy (non-hydrogen) atoms. The Bertz CT molecular complexity index is 541. The van der Waals surface area contributed by atoms with E-state index in [9.17, 15) is 0 Å². The van der Waals surface area contributed by atoms with Crippen molar-refractivity contribution in [3.05, 3.63) is 42.5 Å². The summed E-state index contributed by atoms with van der Waals surface area (Å²) in [6.45, 7) is 0. The van der Waals surface area contributed by atoms with Crippen LogP contribution in [0.4, 0.5) is 17.1 Å². The predicted octanol–water partition coefficient (Wildman–Crippen LogP) is 3.03. The van der Waals surface area contributed by atoms with Gasteiger partial charge in [0.1, 0.15) is 11.5 Å². The van der Waals surface area contributed by atoms with Crippen molar-refractivity contribution in [2.75, 3.05) is 25.3 Å². The summed E-state index contributed by atoms with van der Waals surface area (Å²) < 4.78 is 10.4. The maximum atomic E-state index is 5.95. The number of methoxy groups -OCH3 is 2. The van der Waals surface area contributed by atoms with Crippen molar-refractivity contribution in [2.45, 2.75) is 0 Å². The summed E-state index contributed by atoms with van der Waals surface area (Å²) in [4.78, 5) is 0. The molecule has 0 atom stereocenters. The summed E-state index contributed by atoms with van der Waals surface area (Å²) in [5.41, 5.74) is 8.27. The highest BCUT2D eigenvalue weighted by Gasteiger charge is 2.05. The predicted molar refractivity (Wildman–Crippen MR) is 73.7 cm³/mol. The van der Waals surface area contributed by atoms with Crippen LogP contribution in [-0.4, -0.2) is 14.2 Å². The number of hydrogen-bond acceptors (Lipinski definition) is 4. The van der Waals surface area contributed by atoms with Gasteiger partial charge in [-0.25, -0.2) is 0 Å². The summed E-state index contributed by atoms with van der Waals surface area (Å²) >= 11 is 0. The van der Waals surface area contributed by atoms with Crippen molar-refractivity contribution >= 4 is 17.1 Å². The molecule has 0 saturated heterocycles. The molecule has 0 aliphatic rings. The molecule has 0 bridgehead atoms. The molecule has 2 aromatic rings. The molecule has 0 radical (unpaired) electrons. The molecular formula is C14H16N2O2. The number of rotatable bonds is 4. The van der Waals surface area contributed by atoms with Crippen molar-refractivity contribution in [1.29, 1.82) is 0 Å². The highest BCUT2D eigenvalue weighted by Crippen LogP contribution is 2.31. The van der Waals surface area contributed by atoms with E-state index in [2.05, 4.69) is 5.32 Å². The highest BCUT2D eigenvalue weighted by molar-refractivity contribution is 5.76. The molecule has 3 N–H and O–H groups in total. The van der Waals surface area contributed by atoms with E-state index in [0.29, 0.717) is 5.69 Å². The SMILES string of the molecule is COc1ccc(Nc2ccccc2OC)c(N)c1. The van der Waals surface area contributed by atoms with Crippen LogP contribution in [0.2, 0.25) is 0 Å². The van der Waals surface area contributed by atoms with E-state index in [4.69, 9.17) is 15.2 Å². The van der Waals surface area contributed by atoms with Gasteiger partial charge in [-0.1, -0.05) is 12.1 Å². The molecule has 0 spiro atoms. The number of nitrogens with one attached hydrogen (secondary N) is 1. The average molecular weight is 244 g/mol. The summed E-state index contributed by atoms with van der Waals surface area (Å²) in [5.74, 6) is 1.51. The van der Waals surface area contributed by atoms with E-state index >= 15 is 0 Å². The van der Waals surface area contributed by atoms with Crippen LogP contribution in [0.15, 0.2) is 42.5 Å². The minimum Gasteiger partial charge on any atom is -0.497 e. The number of nitrogens with two attached hydrogens (primary N) is 1. The smallest absolute Gasteiger partial charge is 0.142 e. The van der Waals surface area contributed by atoms with Crippen molar-refractivity contribution in [2.24, 2.45) is 0 Å². The van der Waals surface area contributed by atoms with Gasteiger partial charge in [-0.15, -0.1) is 0 Å². The molecule has 0 fully saturated rings. The van der Waals surface area contributed by atoms with E-state index in [1.54, 1.807) is 20.3 Å². The third kappa shape index (κ3) is 2.48. The lowest BCUT2D eigenvalue weighted by atomic mass is 10.2. The standard InChI is InChI=1S/C14H16N2O2/c1-17-10-7-8-12(11(15)9-10)16-13-5-3-4-6-14(13)18-2/h3-9,16H,15H2,1-2H3. The lowest BCUT2D eigenvalue weighted by molar-refractivity contribution is 0.415. The number of benzene rings is 2. The Morgan fingerprint density at radius 1 is 0.944 bits per heavy atom. The molecule has 0 saturated carbocycles. The number of anilines is 3. The first kappa shape index (κ1) is 12.1. The lowest BCUT2D eigenvalue weighted by Crippen LogP contribution is -1.98. The molecule has 0 unspecified atom stereocenters. The van der Waals surface area contributed by atoms with E-state index in [-0.39, 0.29) is 0 Å². The molecule has 0 aliphatic carbocycles. The van der Waals surface area contributed by atoms with Crippen LogP contribution >= 0.6 is 0 Å². The lowest BCUT2D eigenvalue weighted by Gasteiger charge is -2.13. The van der Waals surface area contributed by atoms with E-state index in [1.807, 2.05) is 36.4 Å². The van der Waals surface area contributed by atoms with Gasteiger partial charge in [-0.3, -0.25) is 0 Å². The van der Waals surface area contributed by atoms with Gasteiger partial charge in [0.05, 0.1) is 31.3 Å². The molecule has 2 aromatic carbocycles. The fourth-order valence-corrected chi connectivity index (χ4v) is 1.67. The van der Waals surface area contributed by atoms with Crippen molar-refractivity contribution in [3.8, 4) is 11.5 Å². The van der Waals surface area contributed by atoms with Crippen LogP contribution in [-0.2, 0) is 0 Å². The zero-order valence-corrected chi connectivity index (χ0v) is 10.4. The first-order chi connectivity index (χ1) is 8.74. The molecule has 4 heteroatoms. The third-order valence-electron chi connectivity index (χ3n) is 2.64. The molecule has 94 valence electrons. The third-order valence-corrected chi connectivity index (χ3v) is 2.64. The molecule has 2 rings (SSSR count). The molecule has 0 aromatic heterocycles. The minimum atomic E-state index is 0.625. The second kappa shape index (κ2) is 5.31. The van der Waals surface area contributed by atoms with Crippen LogP contribution in [0.5, 0.6) is 11.5 Å². The first-order valence-electron chi connectivity index (χ1n) is 5.58. The van der Waals surface area contributed by atoms with Gasteiger partial charge in [-0.2, -0.15) is 0 Å². The van der Waals surface area contributed by atoms with Gasteiger partial charge in [0.15, 0.2) is 0 Å². The Morgan fingerprint density at radius 3 is 2.39 bits per heavy atom. The van der Waals surface area contributed by atoms with Crippen LogP contribution < -0.4 is 20.5 Å². The number of hydrogen-bond donors (Lipinski definition) is 2. The fourth-order valence-electron chi connectivity index (χ4n) is 1.67. The van der Waals surface area contributed by atoms with Gasteiger partial charge in [0.25, 0.3) is 0 Å². The van der Waals surface area contributed by atoms with Gasteiger partial charge < -0.3 is 20.5 Å². The van der Waals surface area contributed by atoms with Gasteiger partial charge in [-0.05, 0) is 24.3 Å². The van der Waals surface area contributed by atoms with Crippen LogP contribution in [0, 0.1) is 0 Å². The zero-order valence-electron chi connectivity index (χ0n) is 10.4.